The molecular formula is C14H11NO4. The number of Topliss-reactive ketones (excluding diaryl/α,β-unsaturated/α-hetero) is 1. The van der Waals surface area contributed by atoms with E-state index in [9.17, 15) is 15.0 Å². The van der Waals surface area contributed by atoms with Gasteiger partial charge in [-0.3, -0.25) is 4.79 Å². The van der Waals surface area contributed by atoms with Gasteiger partial charge < -0.3 is 20.3 Å². The molecule has 0 fully saturated rings. The molecule has 1 aliphatic rings. The molecule has 0 saturated heterocycles. The molecule has 0 aromatic heterocycles. The van der Waals surface area contributed by atoms with Crippen molar-refractivity contribution in [1.29, 1.82) is 0 Å². The number of benzene rings is 2. The summed E-state index contributed by atoms with van der Waals surface area (Å²) in [5.74, 6) is -0.286. The van der Waals surface area contributed by atoms with Gasteiger partial charge in [-0.1, -0.05) is 12.1 Å². The summed E-state index contributed by atoms with van der Waals surface area (Å²) in [6, 6.07) is 8.60. The molecule has 2 aromatic rings. The van der Waals surface area contributed by atoms with Gasteiger partial charge in [0.1, 0.15) is 5.69 Å². The van der Waals surface area contributed by atoms with E-state index in [1.165, 1.54) is 13.0 Å². The summed E-state index contributed by atoms with van der Waals surface area (Å²) < 4.78 is 5.62. The first-order chi connectivity index (χ1) is 9.08. The van der Waals surface area contributed by atoms with Crippen LogP contribution in [0.2, 0.25) is 0 Å². The van der Waals surface area contributed by atoms with E-state index in [1.54, 1.807) is 12.1 Å². The molecule has 1 heterocycles. The number of rotatable bonds is 1. The number of phenols is 2. The van der Waals surface area contributed by atoms with E-state index in [2.05, 4.69) is 5.32 Å². The maximum absolute atomic E-state index is 11.4. The molecule has 96 valence electrons. The number of carbonyl (C=O) groups is 1. The molecule has 0 aliphatic carbocycles. The van der Waals surface area contributed by atoms with Crippen molar-refractivity contribution in [3.05, 3.63) is 35.9 Å². The normalized spacial score (nSPS) is 11.8. The molecule has 0 saturated carbocycles. The molecule has 0 radical (unpaired) electrons. The Kier molecular flexibility index (Phi) is 2.35. The lowest BCUT2D eigenvalue weighted by Gasteiger charge is -2.23. The summed E-state index contributed by atoms with van der Waals surface area (Å²) in [6.45, 7) is 1.31. The predicted molar refractivity (Wildman–Crippen MR) is 69.6 cm³/mol. The highest BCUT2D eigenvalue weighted by Gasteiger charge is 2.25. The maximum Gasteiger partial charge on any atom is 0.186 e. The van der Waals surface area contributed by atoms with Gasteiger partial charge in [0.15, 0.2) is 28.8 Å². The zero-order valence-corrected chi connectivity index (χ0v) is 10.1. The Hall–Kier alpha value is -2.69. The van der Waals surface area contributed by atoms with E-state index in [0.717, 1.165) is 0 Å². The molecule has 3 N–H and O–H groups in total. The minimum absolute atomic E-state index is 0.0254. The van der Waals surface area contributed by atoms with Crippen molar-refractivity contribution in [2.75, 3.05) is 5.32 Å². The summed E-state index contributed by atoms with van der Waals surface area (Å²) in [5.41, 5.74) is 0.957. The standard InChI is InChI=1S/C14H11NO4/c1-7(16)8-6-11-12(14(18)13(8)17)15-9-4-2-3-5-10(9)19-11/h2-6,15,17-18H,1H3. The molecular weight excluding hydrogens is 246 g/mol. The van der Waals surface area contributed by atoms with Gasteiger partial charge >= 0.3 is 0 Å². The molecule has 0 unspecified atom stereocenters. The van der Waals surface area contributed by atoms with Gasteiger partial charge in [-0.25, -0.2) is 0 Å². The van der Waals surface area contributed by atoms with E-state index in [-0.39, 0.29) is 17.0 Å². The first kappa shape index (κ1) is 11.4. The van der Waals surface area contributed by atoms with E-state index in [1.807, 2.05) is 12.1 Å². The fraction of sp³-hybridized carbons (Fsp3) is 0.0714. The van der Waals surface area contributed by atoms with Crippen LogP contribution in [0.3, 0.4) is 0 Å². The minimum Gasteiger partial charge on any atom is -0.504 e. The number of ether oxygens (including phenoxy) is 1. The quantitative estimate of drug-likeness (QED) is 0.461. The third kappa shape index (κ3) is 1.67. The fourth-order valence-corrected chi connectivity index (χ4v) is 2.02. The second-order valence-electron chi connectivity index (χ2n) is 4.27. The minimum atomic E-state index is -0.443. The van der Waals surface area contributed by atoms with Crippen molar-refractivity contribution in [1.82, 2.24) is 0 Å². The van der Waals surface area contributed by atoms with E-state index >= 15 is 0 Å². The molecule has 0 amide bonds. The Labute approximate surface area is 109 Å². The van der Waals surface area contributed by atoms with Crippen LogP contribution in [0.5, 0.6) is 23.0 Å². The molecule has 0 spiro atoms. The van der Waals surface area contributed by atoms with Crippen LogP contribution in [-0.4, -0.2) is 16.0 Å². The lowest BCUT2D eigenvalue weighted by Crippen LogP contribution is -2.05. The van der Waals surface area contributed by atoms with Gasteiger partial charge in [0, 0.05) is 0 Å². The summed E-state index contributed by atoms with van der Waals surface area (Å²) >= 11 is 0. The van der Waals surface area contributed by atoms with Gasteiger partial charge in [0.05, 0.1) is 11.3 Å². The van der Waals surface area contributed by atoms with Crippen LogP contribution in [0.25, 0.3) is 0 Å². The number of nitrogens with one attached hydrogen (secondary N) is 1. The number of carbonyl (C=O) groups excluding carboxylic acids is 1. The third-order valence-electron chi connectivity index (χ3n) is 2.98. The summed E-state index contributed by atoms with van der Waals surface area (Å²) in [6.07, 6.45) is 0. The van der Waals surface area contributed by atoms with Gasteiger partial charge in [0.2, 0.25) is 0 Å². The van der Waals surface area contributed by atoms with Gasteiger partial charge in [-0.15, -0.1) is 0 Å². The lowest BCUT2D eigenvalue weighted by atomic mass is 10.1. The van der Waals surface area contributed by atoms with Crippen molar-refractivity contribution >= 4 is 17.2 Å². The topological polar surface area (TPSA) is 78.8 Å². The Morgan fingerprint density at radius 3 is 2.63 bits per heavy atom. The van der Waals surface area contributed by atoms with Crippen molar-refractivity contribution in [2.24, 2.45) is 0 Å². The number of hydrogen-bond acceptors (Lipinski definition) is 5. The van der Waals surface area contributed by atoms with Crippen LogP contribution in [0.15, 0.2) is 30.3 Å². The zero-order chi connectivity index (χ0) is 13.6. The number of fused-ring (bicyclic) bond motifs is 2. The van der Waals surface area contributed by atoms with Crippen molar-refractivity contribution < 1.29 is 19.7 Å². The SMILES string of the molecule is CC(=O)c1cc2c(c(O)c1O)Nc1ccccc1O2. The highest BCUT2D eigenvalue weighted by atomic mass is 16.5. The number of hydrogen-bond donors (Lipinski definition) is 3. The van der Waals surface area contributed by atoms with Crippen LogP contribution in [0.1, 0.15) is 17.3 Å². The van der Waals surface area contributed by atoms with Crippen LogP contribution in [0, 0.1) is 0 Å². The second kappa shape index (κ2) is 3.91. The molecule has 0 bridgehead atoms. The third-order valence-corrected chi connectivity index (χ3v) is 2.98. The van der Waals surface area contributed by atoms with E-state index in [4.69, 9.17) is 4.74 Å². The average molecular weight is 257 g/mol. The maximum atomic E-state index is 11.4. The van der Waals surface area contributed by atoms with Crippen molar-refractivity contribution in [2.45, 2.75) is 6.92 Å². The molecule has 19 heavy (non-hydrogen) atoms. The molecule has 5 nitrogen and oxygen atoms in total. The van der Waals surface area contributed by atoms with E-state index < -0.39 is 11.5 Å². The fourth-order valence-electron chi connectivity index (χ4n) is 2.02. The van der Waals surface area contributed by atoms with Crippen LogP contribution >= 0.6 is 0 Å². The summed E-state index contributed by atoms with van der Waals surface area (Å²) in [7, 11) is 0. The number of aromatic hydroxyl groups is 2. The number of para-hydroxylation sites is 2. The predicted octanol–water partition coefficient (Wildman–Crippen LogP) is 3.15. The highest BCUT2D eigenvalue weighted by molar-refractivity contribution is 6.00. The monoisotopic (exact) mass is 257 g/mol. The van der Waals surface area contributed by atoms with Crippen LogP contribution < -0.4 is 10.1 Å². The Bertz CT molecular complexity index is 694. The molecule has 2 aromatic carbocycles. The lowest BCUT2D eigenvalue weighted by molar-refractivity contribution is 0.101. The van der Waals surface area contributed by atoms with Crippen molar-refractivity contribution in [3.63, 3.8) is 0 Å². The Morgan fingerprint density at radius 2 is 1.89 bits per heavy atom. The van der Waals surface area contributed by atoms with Crippen LogP contribution in [0.4, 0.5) is 11.4 Å². The first-order valence-electron chi connectivity index (χ1n) is 5.71. The summed E-state index contributed by atoms with van der Waals surface area (Å²) in [5, 5.41) is 22.7. The number of anilines is 2. The smallest absolute Gasteiger partial charge is 0.186 e. The average Bonchev–Trinajstić information content (AvgIpc) is 2.41. The summed E-state index contributed by atoms with van der Waals surface area (Å²) in [4.78, 5) is 11.4. The number of phenolic OH excluding ortho intramolecular Hbond substituents is 2. The largest absolute Gasteiger partial charge is 0.504 e. The second-order valence-corrected chi connectivity index (χ2v) is 4.27. The van der Waals surface area contributed by atoms with Gasteiger partial charge in [-0.2, -0.15) is 0 Å². The highest BCUT2D eigenvalue weighted by Crippen LogP contribution is 2.50. The van der Waals surface area contributed by atoms with E-state index in [0.29, 0.717) is 17.2 Å². The van der Waals surface area contributed by atoms with Gasteiger partial charge in [-0.05, 0) is 25.1 Å². The molecule has 1 aliphatic heterocycles. The molecule has 3 rings (SSSR count). The van der Waals surface area contributed by atoms with Crippen molar-refractivity contribution in [3.8, 4) is 23.0 Å². The Morgan fingerprint density at radius 1 is 1.16 bits per heavy atom. The Balaban J connectivity index is 2.18. The number of ketones is 1. The van der Waals surface area contributed by atoms with Crippen LogP contribution in [-0.2, 0) is 0 Å². The molecule has 0 atom stereocenters. The van der Waals surface area contributed by atoms with Gasteiger partial charge in [0.25, 0.3) is 0 Å². The first-order valence-corrected chi connectivity index (χ1v) is 5.71. The molecule has 5 heteroatoms. The zero-order valence-electron chi connectivity index (χ0n) is 10.1.